The van der Waals surface area contributed by atoms with Crippen LogP contribution in [0.4, 0.5) is 0 Å². The van der Waals surface area contributed by atoms with Crippen LogP contribution in [0.25, 0.3) is 10.9 Å². The predicted molar refractivity (Wildman–Crippen MR) is 108 cm³/mol. The second-order valence-electron chi connectivity index (χ2n) is 7.29. The second-order valence-corrected chi connectivity index (χ2v) is 9.23. The van der Waals surface area contributed by atoms with Crippen LogP contribution >= 0.6 is 0 Å². The molecule has 3 heterocycles. The molecule has 2 aliphatic heterocycles. The smallest absolute Gasteiger partial charge is 0.326 e. The first-order chi connectivity index (χ1) is 14.3. The van der Waals surface area contributed by atoms with Gasteiger partial charge in [-0.3, -0.25) is 19.5 Å². The second kappa shape index (κ2) is 8.30. The van der Waals surface area contributed by atoms with E-state index < -0.39 is 21.3 Å². The quantitative estimate of drug-likeness (QED) is 0.587. The van der Waals surface area contributed by atoms with Gasteiger partial charge in [0.05, 0.1) is 35.6 Å². The lowest BCUT2D eigenvalue weighted by Crippen LogP contribution is -2.53. The summed E-state index contributed by atoms with van der Waals surface area (Å²) < 4.78 is 32.6. The zero-order valence-electron chi connectivity index (χ0n) is 16.3. The Morgan fingerprint density at radius 3 is 2.40 bits per heavy atom. The molecule has 0 spiro atoms. The van der Waals surface area contributed by atoms with Crippen LogP contribution in [0.2, 0.25) is 0 Å². The average molecular weight is 437 g/mol. The van der Waals surface area contributed by atoms with E-state index in [-0.39, 0.29) is 34.8 Å². The first-order valence-electron chi connectivity index (χ1n) is 9.69. The maximum Gasteiger partial charge on any atom is 0.326 e. The number of benzene rings is 1. The number of nitrogens with one attached hydrogen (secondary N) is 2. The topological polar surface area (TPSA) is 136 Å². The third kappa shape index (κ3) is 4.17. The van der Waals surface area contributed by atoms with Gasteiger partial charge in [-0.25, -0.2) is 13.2 Å². The molecule has 2 aromatic rings. The number of carbonyl (C=O) groups excluding carboxylic acids is 1. The van der Waals surface area contributed by atoms with Crippen LogP contribution in [0.1, 0.15) is 0 Å². The molecule has 0 radical (unpaired) electrons. The Morgan fingerprint density at radius 2 is 1.70 bits per heavy atom. The molecule has 1 aromatic carbocycles. The molecule has 12 heteroatoms. The highest BCUT2D eigenvalue weighted by molar-refractivity contribution is 7.89. The highest BCUT2D eigenvalue weighted by Crippen LogP contribution is 2.20. The molecule has 1 amide bonds. The molecule has 0 saturated carbocycles. The van der Waals surface area contributed by atoms with Crippen LogP contribution in [0.3, 0.4) is 0 Å². The normalized spacial score (nSPS) is 19.3. The maximum atomic E-state index is 13.0. The zero-order valence-corrected chi connectivity index (χ0v) is 17.1. The summed E-state index contributed by atoms with van der Waals surface area (Å²) in [4.78, 5) is 44.1. The van der Waals surface area contributed by atoms with Crippen molar-refractivity contribution in [1.29, 1.82) is 0 Å². The molecule has 2 N–H and O–H groups in total. The molecule has 11 nitrogen and oxygen atoms in total. The van der Waals surface area contributed by atoms with Crippen molar-refractivity contribution in [3.63, 3.8) is 0 Å². The summed E-state index contributed by atoms with van der Waals surface area (Å²) in [5.74, 6) is -0.0184. The summed E-state index contributed by atoms with van der Waals surface area (Å²) in [6.07, 6.45) is 0. The minimum atomic E-state index is -3.83. The van der Waals surface area contributed by atoms with Crippen molar-refractivity contribution in [2.75, 3.05) is 59.0 Å². The van der Waals surface area contributed by atoms with E-state index in [1.165, 1.54) is 22.5 Å². The number of aromatic amines is 2. The number of aromatic nitrogens is 2. The lowest BCUT2D eigenvalue weighted by atomic mass is 10.2. The number of amides is 1. The lowest BCUT2D eigenvalue weighted by Gasteiger charge is -2.35. The maximum absolute atomic E-state index is 13.0. The molecular weight excluding hydrogens is 414 g/mol. The minimum Gasteiger partial charge on any atom is -0.379 e. The summed E-state index contributed by atoms with van der Waals surface area (Å²) in [5, 5.41) is 0.0926. The van der Waals surface area contributed by atoms with Gasteiger partial charge < -0.3 is 14.6 Å². The van der Waals surface area contributed by atoms with Gasteiger partial charge in [0, 0.05) is 39.3 Å². The van der Waals surface area contributed by atoms with Gasteiger partial charge in [0.25, 0.3) is 5.56 Å². The fourth-order valence-electron chi connectivity index (χ4n) is 3.68. The van der Waals surface area contributed by atoms with Gasteiger partial charge >= 0.3 is 5.69 Å². The SMILES string of the molecule is O=C(CN1CCOCC1)N1CCN(S(=O)(=O)c2ccc3[nH]c(=O)[nH]c(=O)c3c2)CC1. The molecule has 2 fully saturated rings. The number of rotatable bonds is 4. The lowest BCUT2D eigenvalue weighted by molar-refractivity contribution is -0.134. The number of ether oxygens (including phenoxy) is 1. The fraction of sp³-hybridized carbons (Fsp3) is 0.500. The van der Waals surface area contributed by atoms with Crippen molar-refractivity contribution >= 4 is 26.8 Å². The van der Waals surface area contributed by atoms with Crippen LogP contribution in [0.15, 0.2) is 32.7 Å². The number of sulfonamides is 1. The molecule has 2 aliphatic rings. The highest BCUT2D eigenvalue weighted by atomic mass is 32.2. The van der Waals surface area contributed by atoms with Gasteiger partial charge in [-0.15, -0.1) is 0 Å². The number of H-pyrrole nitrogens is 2. The van der Waals surface area contributed by atoms with Gasteiger partial charge in [-0.2, -0.15) is 4.31 Å². The zero-order chi connectivity index (χ0) is 21.3. The molecular formula is C18H23N5O6S. The number of hydrogen-bond donors (Lipinski definition) is 2. The van der Waals surface area contributed by atoms with E-state index in [4.69, 9.17) is 4.74 Å². The van der Waals surface area contributed by atoms with Crippen LogP contribution in [-0.4, -0.2) is 97.4 Å². The number of fused-ring (bicyclic) bond motifs is 1. The Bertz CT molecular complexity index is 1160. The summed E-state index contributed by atoms with van der Waals surface area (Å²) in [7, 11) is -3.83. The monoisotopic (exact) mass is 437 g/mol. The Morgan fingerprint density at radius 1 is 1.00 bits per heavy atom. The Labute approximate surface area is 172 Å². The molecule has 30 heavy (non-hydrogen) atoms. The van der Waals surface area contributed by atoms with E-state index in [2.05, 4.69) is 9.97 Å². The third-order valence-electron chi connectivity index (χ3n) is 5.40. The van der Waals surface area contributed by atoms with Gasteiger partial charge in [-0.05, 0) is 18.2 Å². The number of piperazine rings is 1. The summed E-state index contributed by atoms with van der Waals surface area (Å²) in [6.45, 7) is 3.94. The molecule has 0 aliphatic carbocycles. The van der Waals surface area contributed by atoms with Crippen molar-refractivity contribution < 1.29 is 17.9 Å². The van der Waals surface area contributed by atoms with E-state index in [0.29, 0.717) is 45.9 Å². The molecule has 2 saturated heterocycles. The summed E-state index contributed by atoms with van der Waals surface area (Å²) >= 11 is 0. The van der Waals surface area contributed by atoms with Gasteiger partial charge in [0.2, 0.25) is 15.9 Å². The van der Waals surface area contributed by atoms with Crippen LogP contribution < -0.4 is 11.2 Å². The van der Waals surface area contributed by atoms with E-state index in [1.807, 2.05) is 4.90 Å². The molecule has 1 aromatic heterocycles. The Kier molecular flexibility index (Phi) is 5.73. The van der Waals surface area contributed by atoms with Crippen LogP contribution in [0, 0.1) is 0 Å². The van der Waals surface area contributed by atoms with Gasteiger partial charge in [0.1, 0.15) is 0 Å². The number of morpholine rings is 1. The van der Waals surface area contributed by atoms with Crippen molar-refractivity contribution in [2.45, 2.75) is 4.90 Å². The predicted octanol–water partition coefficient (Wildman–Crippen LogP) is -1.62. The van der Waals surface area contributed by atoms with E-state index in [9.17, 15) is 22.8 Å². The fourth-order valence-corrected chi connectivity index (χ4v) is 5.13. The van der Waals surface area contributed by atoms with E-state index >= 15 is 0 Å². The van der Waals surface area contributed by atoms with Crippen molar-refractivity contribution in [3.8, 4) is 0 Å². The molecule has 0 bridgehead atoms. The first-order valence-corrected chi connectivity index (χ1v) is 11.1. The van der Waals surface area contributed by atoms with Crippen molar-refractivity contribution in [3.05, 3.63) is 39.0 Å². The van der Waals surface area contributed by atoms with Gasteiger partial charge in [0.15, 0.2) is 0 Å². The number of hydrogen-bond acceptors (Lipinski definition) is 7. The minimum absolute atomic E-state index is 0.0184. The molecule has 4 rings (SSSR count). The van der Waals surface area contributed by atoms with Gasteiger partial charge in [-0.1, -0.05) is 0 Å². The first kappa shape index (κ1) is 20.7. The largest absolute Gasteiger partial charge is 0.379 e. The van der Waals surface area contributed by atoms with Crippen LogP contribution in [-0.2, 0) is 19.6 Å². The molecule has 0 unspecified atom stereocenters. The Hall–Kier alpha value is -2.54. The van der Waals surface area contributed by atoms with Crippen molar-refractivity contribution in [1.82, 2.24) is 24.1 Å². The molecule has 162 valence electrons. The highest BCUT2D eigenvalue weighted by Gasteiger charge is 2.31. The third-order valence-corrected chi connectivity index (χ3v) is 7.30. The summed E-state index contributed by atoms with van der Waals surface area (Å²) in [5.41, 5.74) is -1.04. The van der Waals surface area contributed by atoms with E-state index in [1.54, 1.807) is 4.90 Å². The summed E-state index contributed by atoms with van der Waals surface area (Å²) in [6, 6.07) is 4.03. The van der Waals surface area contributed by atoms with Crippen molar-refractivity contribution in [2.24, 2.45) is 0 Å². The standard InChI is InChI=1S/C18H23N5O6S/c24-16(12-21-7-9-29-10-8-21)22-3-5-23(6-4-22)30(27,28)13-1-2-15-14(11-13)17(25)20-18(26)19-15/h1-2,11H,3-10,12H2,(H2,19,20,25,26). The average Bonchev–Trinajstić information content (AvgIpc) is 2.74. The van der Waals surface area contributed by atoms with Crippen LogP contribution in [0.5, 0.6) is 0 Å². The van der Waals surface area contributed by atoms with E-state index in [0.717, 1.165) is 0 Å². The number of nitrogens with zero attached hydrogens (tertiary/aromatic N) is 3. The Balaban J connectivity index is 1.44. The molecule has 0 atom stereocenters. The number of carbonyl (C=O) groups is 1.